The number of imidazole rings is 1. The Morgan fingerprint density at radius 2 is 1.85 bits per heavy atom. The van der Waals surface area contributed by atoms with Crippen LogP contribution in [0.3, 0.4) is 0 Å². The van der Waals surface area contributed by atoms with Crippen LogP contribution in [0, 0.1) is 11.6 Å². The van der Waals surface area contributed by atoms with Gasteiger partial charge < -0.3 is 25.8 Å². The van der Waals surface area contributed by atoms with Crippen LogP contribution >= 0.6 is 11.6 Å². The highest BCUT2D eigenvalue weighted by Crippen LogP contribution is 2.25. The fraction of sp³-hybridized carbons (Fsp3) is 0.182. The van der Waals surface area contributed by atoms with Crippen molar-refractivity contribution in [3.8, 4) is 0 Å². The van der Waals surface area contributed by atoms with E-state index in [-0.39, 0.29) is 39.9 Å². The molecule has 0 saturated heterocycles. The van der Waals surface area contributed by atoms with E-state index in [0.29, 0.717) is 6.54 Å². The van der Waals surface area contributed by atoms with Crippen LogP contribution in [0.5, 0.6) is 0 Å². The number of halogens is 3. The van der Waals surface area contributed by atoms with Crippen molar-refractivity contribution in [1.29, 1.82) is 0 Å². The van der Waals surface area contributed by atoms with Gasteiger partial charge in [-0.3, -0.25) is 14.4 Å². The number of aromatic amines is 1. The SMILES string of the molecule is CN(C)CCN(C(=O)c1nc[nH]c1C(N)=O)c1ccc(NC(=O)c2ccc(F)cc2Cl)c(F)c1. The Balaban J connectivity index is 1.89. The first kappa shape index (κ1) is 24.8. The topological polar surface area (TPSA) is 124 Å². The normalized spacial score (nSPS) is 10.9. The van der Waals surface area contributed by atoms with Crippen LogP contribution in [-0.2, 0) is 0 Å². The first-order valence-electron chi connectivity index (χ1n) is 9.94. The van der Waals surface area contributed by atoms with Crippen molar-refractivity contribution in [2.24, 2.45) is 5.73 Å². The van der Waals surface area contributed by atoms with Crippen molar-refractivity contribution < 1.29 is 23.2 Å². The highest BCUT2D eigenvalue weighted by molar-refractivity contribution is 6.34. The lowest BCUT2D eigenvalue weighted by molar-refractivity contribution is 0.0954. The second kappa shape index (κ2) is 10.4. The highest BCUT2D eigenvalue weighted by Gasteiger charge is 2.26. The molecule has 34 heavy (non-hydrogen) atoms. The van der Waals surface area contributed by atoms with Gasteiger partial charge >= 0.3 is 0 Å². The second-order valence-corrected chi connectivity index (χ2v) is 7.90. The summed E-state index contributed by atoms with van der Waals surface area (Å²) in [6.07, 6.45) is 1.16. The van der Waals surface area contributed by atoms with Gasteiger partial charge in [0.05, 0.1) is 22.6 Å². The molecule has 0 aliphatic heterocycles. The molecule has 0 radical (unpaired) electrons. The van der Waals surface area contributed by atoms with Gasteiger partial charge in [0.1, 0.15) is 17.3 Å². The standard InChI is InChI=1S/C22H21ClF2N6O3/c1-30(2)7-8-31(22(34)19-18(20(26)32)27-11-28-19)13-4-6-17(16(25)10-13)29-21(33)14-5-3-12(24)9-15(14)23/h3-6,9-11H,7-8H2,1-2H3,(H2,26,32)(H,27,28)(H,29,33). The monoisotopic (exact) mass is 490 g/mol. The molecule has 1 heterocycles. The van der Waals surface area contributed by atoms with E-state index in [1.807, 2.05) is 4.90 Å². The predicted molar refractivity (Wildman–Crippen MR) is 123 cm³/mol. The minimum absolute atomic E-state index is 0.0353. The maximum atomic E-state index is 14.9. The van der Waals surface area contributed by atoms with E-state index >= 15 is 0 Å². The summed E-state index contributed by atoms with van der Waals surface area (Å²) in [6, 6.07) is 6.97. The number of nitrogens with one attached hydrogen (secondary N) is 2. The highest BCUT2D eigenvalue weighted by atomic mass is 35.5. The number of benzene rings is 2. The third kappa shape index (κ3) is 5.56. The molecule has 3 aromatic rings. The largest absolute Gasteiger partial charge is 0.364 e. The Morgan fingerprint density at radius 3 is 2.47 bits per heavy atom. The Hall–Kier alpha value is -3.83. The van der Waals surface area contributed by atoms with Crippen LogP contribution in [0.25, 0.3) is 0 Å². The Morgan fingerprint density at radius 1 is 1.12 bits per heavy atom. The van der Waals surface area contributed by atoms with Crippen LogP contribution in [0.15, 0.2) is 42.7 Å². The number of nitrogens with two attached hydrogens (primary N) is 1. The summed E-state index contributed by atoms with van der Waals surface area (Å²) in [4.78, 5) is 46.7. The summed E-state index contributed by atoms with van der Waals surface area (Å²) in [5, 5.41) is 2.25. The predicted octanol–water partition coefficient (Wildman–Crippen LogP) is 2.90. The van der Waals surface area contributed by atoms with Gasteiger partial charge in [0, 0.05) is 18.8 Å². The van der Waals surface area contributed by atoms with Gasteiger partial charge in [-0.05, 0) is 50.5 Å². The molecule has 0 spiro atoms. The maximum absolute atomic E-state index is 14.9. The number of likely N-dealkylation sites (N-methyl/N-ethyl adjacent to an activating group) is 1. The number of primary amides is 1. The van der Waals surface area contributed by atoms with Crippen molar-refractivity contribution in [2.45, 2.75) is 0 Å². The number of hydrogen-bond acceptors (Lipinski definition) is 5. The molecule has 3 amide bonds. The van der Waals surface area contributed by atoms with E-state index in [1.54, 1.807) is 14.1 Å². The molecule has 0 unspecified atom stereocenters. The molecule has 4 N–H and O–H groups in total. The van der Waals surface area contributed by atoms with Crippen molar-refractivity contribution in [3.05, 3.63) is 76.3 Å². The molecule has 0 aliphatic rings. The summed E-state index contributed by atoms with van der Waals surface area (Å²) in [5.41, 5.74) is 4.89. The number of H-pyrrole nitrogens is 1. The number of rotatable bonds is 8. The third-order valence-corrected chi connectivity index (χ3v) is 5.11. The van der Waals surface area contributed by atoms with E-state index in [9.17, 15) is 23.2 Å². The molecule has 0 saturated carbocycles. The van der Waals surface area contributed by atoms with Gasteiger partial charge in [-0.15, -0.1) is 0 Å². The molecule has 2 aromatic carbocycles. The van der Waals surface area contributed by atoms with Gasteiger partial charge in [-0.25, -0.2) is 13.8 Å². The third-order valence-electron chi connectivity index (χ3n) is 4.79. The molecule has 1 aromatic heterocycles. The molecular weight excluding hydrogens is 470 g/mol. The fourth-order valence-corrected chi connectivity index (χ4v) is 3.31. The number of hydrogen-bond donors (Lipinski definition) is 3. The zero-order chi connectivity index (χ0) is 25.0. The van der Waals surface area contributed by atoms with Crippen molar-refractivity contribution in [2.75, 3.05) is 37.4 Å². The van der Waals surface area contributed by atoms with Crippen LogP contribution in [0.4, 0.5) is 20.2 Å². The van der Waals surface area contributed by atoms with Gasteiger partial charge in [0.15, 0.2) is 5.69 Å². The second-order valence-electron chi connectivity index (χ2n) is 7.49. The van der Waals surface area contributed by atoms with Crippen LogP contribution < -0.4 is 16.0 Å². The lowest BCUT2D eigenvalue weighted by Gasteiger charge is -2.24. The summed E-state index contributed by atoms with van der Waals surface area (Å²) >= 11 is 5.89. The zero-order valence-electron chi connectivity index (χ0n) is 18.2. The number of carbonyl (C=O) groups is 3. The fourth-order valence-electron chi connectivity index (χ4n) is 3.06. The molecule has 12 heteroatoms. The number of nitrogens with zero attached hydrogens (tertiary/aromatic N) is 3. The molecular formula is C22H21ClF2N6O3. The molecule has 0 atom stereocenters. The number of amides is 3. The minimum Gasteiger partial charge on any atom is -0.364 e. The van der Waals surface area contributed by atoms with E-state index in [1.165, 1.54) is 23.1 Å². The average Bonchev–Trinajstić information content (AvgIpc) is 3.25. The summed E-state index contributed by atoms with van der Waals surface area (Å²) < 4.78 is 28.1. The molecule has 0 fully saturated rings. The first-order valence-corrected chi connectivity index (χ1v) is 10.3. The number of carbonyl (C=O) groups excluding carboxylic acids is 3. The lowest BCUT2D eigenvalue weighted by atomic mass is 10.2. The quantitative estimate of drug-likeness (QED) is 0.448. The van der Waals surface area contributed by atoms with Crippen molar-refractivity contribution in [3.63, 3.8) is 0 Å². The van der Waals surface area contributed by atoms with E-state index < -0.39 is 29.4 Å². The van der Waals surface area contributed by atoms with Crippen LogP contribution in [-0.4, -0.2) is 59.8 Å². The van der Waals surface area contributed by atoms with Crippen LogP contribution in [0.1, 0.15) is 31.3 Å². The van der Waals surface area contributed by atoms with Gasteiger partial charge in [-0.1, -0.05) is 11.6 Å². The average molecular weight is 491 g/mol. The lowest BCUT2D eigenvalue weighted by Crippen LogP contribution is -2.38. The molecule has 0 aliphatic carbocycles. The van der Waals surface area contributed by atoms with E-state index in [2.05, 4.69) is 15.3 Å². The minimum atomic E-state index is -0.864. The summed E-state index contributed by atoms with van der Waals surface area (Å²) in [6.45, 7) is 0.568. The molecule has 0 bridgehead atoms. The van der Waals surface area contributed by atoms with Crippen molar-refractivity contribution >= 4 is 40.7 Å². The van der Waals surface area contributed by atoms with E-state index in [4.69, 9.17) is 17.3 Å². The van der Waals surface area contributed by atoms with Gasteiger partial charge in [0.25, 0.3) is 17.7 Å². The summed E-state index contributed by atoms with van der Waals surface area (Å²) in [5.74, 6) is -3.71. The molecule has 3 rings (SSSR count). The number of aromatic nitrogens is 2. The van der Waals surface area contributed by atoms with Gasteiger partial charge in [-0.2, -0.15) is 0 Å². The molecule has 178 valence electrons. The number of anilines is 2. The Kier molecular flexibility index (Phi) is 7.59. The van der Waals surface area contributed by atoms with E-state index in [0.717, 1.165) is 24.5 Å². The Bertz CT molecular complexity index is 1250. The Labute approximate surface area is 198 Å². The maximum Gasteiger partial charge on any atom is 0.279 e. The van der Waals surface area contributed by atoms with Crippen molar-refractivity contribution in [1.82, 2.24) is 14.9 Å². The van der Waals surface area contributed by atoms with Crippen LogP contribution in [0.2, 0.25) is 5.02 Å². The smallest absolute Gasteiger partial charge is 0.279 e. The zero-order valence-corrected chi connectivity index (χ0v) is 19.0. The van der Waals surface area contributed by atoms with Gasteiger partial charge in [0.2, 0.25) is 0 Å². The summed E-state index contributed by atoms with van der Waals surface area (Å²) in [7, 11) is 3.59. The first-order chi connectivity index (χ1) is 16.1. The molecule has 9 nitrogen and oxygen atoms in total.